The molecule has 5 heteroatoms. The lowest BCUT2D eigenvalue weighted by Crippen LogP contribution is -1.99. The Morgan fingerprint density at radius 3 is 2.72 bits per heavy atom. The minimum atomic E-state index is 0.549. The van der Waals surface area contributed by atoms with Crippen molar-refractivity contribution in [1.82, 2.24) is 15.0 Å². The molecule has 0 saturated carbocycles. The maximum atomic E-state index is 5.75. The maximum Gasteiger partial charge on any atom is 0.189 e. The van der Waals surface area contributed by atoms with Gasteiger partial charge in [0.15, 0.2) is 5.16 Å². The van der Waals surface area contributed by atoms with Gasteiger partial charge in [0.25, 0.3) is 0 Å². The minimum Gasteiger partial charge on any atom is -0.384 e. The molecule has 4 nitrogen and oxygen atoms in total. The molecule has 2 N–H and O–H groups in total. The molecule has 0 aromatic carbocycles. The molecule has 0 fully saturated rings. The van der Waals surface area contributed by atoms with Gasteiger partial charge in [0.2, 0.25) is 0 Å². The summed E-state index contributed by atoms with van der Waals surface area (Å²) in [6, 6.07) is 5.88. The monoisotopic (exact) mass is 260 g/mol. The highest BCUT2D eigenvalue weighted by molar-refractivity contribution is 7.99. The van der Waals surface area contributed by atoms with Crippen LogP contribution in [0.15, 0.2) is 35.7 Å². The van der Waals surface area contributed by atoms with Gasteiger partial charge in [-0.3, -0.25) is 4.98 Å². The van der Waals surface area contributed by atoms with E-state index in [-0.39, 0.29) is 0 Å². The molecule has 0 amide bonds. The first kappa shape index (κ1) is 12.8. The van der Waals surface area contributed by atoms with Crippen LogP contribution in [0.5, 0.6) is 0 Å². The Hall–Kier alpha value is -1.62. The SMILES string of the molecule is CCc1cc(N)nc(SCCc2ccncc2)n1. The standard InChI is InChI=1S/C13H16N4S/c1-2-11-9-12(14)17-13(16-11)18-8-5-10-3-6-15-7-4-10/h3-4,6-7,9H,2,5,8H2,1H3,(H2,14,16,17). The molecule has 2 aromatic rings. The number of aromatic nitrogens is 3. The van der Waals surface area contributed by atoms with Gasteiger partial charge in [-0.1, -0.05) is 18.7 Å². The van der Waals surface area contributed by atoms with Crippen molar-refractivity contribution in [2.45, 2.75) is 24.9 Å². The van der Waals surface area contributed by atoms with E-state index < -0.39 is 0 Å². The van der Waals surface area contributed by atoms with Crippen molar-refractivity contribution in [1.29, 1.82) is 0 Å². The number of aryl methyl sites for hydroxylation is 2. The number of anilines is 1. The fourth-order valence-corrected chi connectivity index (χ4v) is 2.42. The summed E-state index contributed by atoms with van der Waals surface area (Å²) in [5.74, 6) is 1.49. The molecule has 0 aliphatic carbocycles. The third-order valence-corrected chi connectivity index (χ3v) is 3.36. The number of hydrogen-bond donors (Lipinski definition) is 1. The Balaban J connectivity index is 1.92. The van der Waals surface area contributed by atoms with E-state index >= 15 is 0 Å². The van der Waals surface area contributed by atoms with E-state index in [4.69, 9.17) is 5.73 Å². The van der Waals surface area contributed by atoms with Crippen molar-refractivity contribution in [2.75, 3.05) is 11.5 Å². The second-order valence-corrected chi connectivity index (χ2v) is 4.94. The van der Waals surface area contributed by atoms with Gasteiger partial charge in [-0.05, 0) is 30.5 Å². The van der Waals surface area contributed by atoms with E-state index in [1.165, 1.54) is 5.56 Å². The normalized spacial score (nSPS) is 10.5. The average molecular weight is 260 g/mol. The van der Waals surface area contributed by atoms with Crippen LogP contribution in [0.4, 0.5) is 5.82 Å². The number of thioether (sulfide) groups is 1. The summed E-state index contributed by atoms with van der Waals surface area (Å²) >= 11 is 1.64. The van der Waals surface area contributed by atoms with Gasteiger partial charge in [-0.2, -0.15) is 0 Å². The molecule has 0 spiro atoms. The third-order valence-electron chi connectivity index (χ3n) is 2.51. The Morgan fingerprint density at radius 2 is 2.00 bits per heavy atom. The van der Waals surface area contributed by atoms with Crippen LogP contribution in [0.3, 0.4) is 0 Å². The number of nitrogens with two attached hydrogens (primary N) is 1. The molecule has 0 atom stereocenters. The fourth-order valence-electron chi connectivity index (χ4n) is 1.55. The number of nitrogens with zero attached hydrogens (tertiary/aromatic N) is 3. The highest BCUT2D eigenvalue weighted by Crippen LogP contribution is 2.17. The minimum absolute atomic E-state index is 0.549. The average Bonchev–Trinajstić information content (AvgIpc) is 2.39. The molecular formula is C13H16N4S. The first-order valence-corrected chi connectivity index (χ1v) is 6.91. The summed E-state index contributed by atoms with van der Waals surface area (Å²) in [5.41, 5.74) is 8.01. The van der Waals surface area contributed by atoms with Gasteiger partial charge < -0.3 is 5.73 Å². The van der Waals surface area contributed by atoms with Crippen molar-refractivity contribution in [3.05, 3.63) is 41.9 Å². The zero-order valence-corrected chi connectivity index (χ0v) is 11.2. The van der Waals surface area contributed by atoms with Crippen LogP contribution in [-0.2, 0) is 12.8 Å². The molecule has 2 heterocycles. The summed E-state index contributed by atoms with van der Waals surface area (Å²) in [7, 11) is 0. The predicted molar refractivity (Wildman–Crippen MR) is 74.5 cm³/mol. The second-order valence-electron chi connectivity index (χ2n) is 3.87. The van der Waals surface area contributed by atoms with Gasteiger partial charge in [-0.25, -0.2) is 9.97 Å². The molecule has 2 aromatic heterocycles. The smallest absolute Gasteiger partial charge is 0.189 e. The van der Waals surface area contributed by atoms with Crippen molar-refractivity contribution in [2.24, 2.45) is 0 Å². The highest BCUT2D eigenvalue weighted by atomic mass is 32.2. The summed E-state index contributed by atoms with van der Waals surface area (Å²) in [4.78, 5) is 12.7. The number of nitrogen functional groups attached to an aromatic ring is 1. The van der Waals surface area contributed by atoms with Crippen LogP contribution in [0.2, 0.25) is 0 Å². The van der Waals surface area contributed by atoms with Gasteiger partial charge in [0.1, 0.15) is 5.82 Å². The van der Waals surface area contributed by atoms with Crippen LogP contribution >= 0.6 is 11.8 Å². The molecule has 0 unspecified atom stereocenters. The molecule has 0 radical (unpaired) electrons. The van der Waals surface area contributed by atoms with E-state index in [2.05, 4.69) is 21.9 Å². The number of pyridine rings is 1. The first-order valence-electron chi connectivity index (χ1n) is 5.93. The fraction of sp³-hybridized carbons (Fsp3) is 0.308. The Morgan fingerprint density at radius 1 is 1.22 bits per heavy atom. The number of hydrogen-bond acceptors (Lipinski definition) is 5. The molecule has 0 aliphatic heterocycles. The van der Waals surface area contributed by atoms with Crippen LogP contribution in [0.1, 0.15) is 18.2 Å². The van der Waals surface area contributed by atoms with E-state index in [0.717, 1.165) is 29.4 Å². The summed E-state index contributed by atoms with van der Waals surface area (Å²) in [6.45, 7) is 2.06. The summed E-state index contributed by atoms with van der Waals surface area (Å²) in [5, 5.41) is 0.765. The molecule has 0 bridgehead atoms. The van der Waals surface area contributed by atoms with E-state index in [1.807, 2.05) is 30.6 Å². The van der Waals surface area contributed by atoms with Crippen LogP contribution in [0.25, 0.3) is 0 Å². The van der Waals surface area contributed by atoms with Crippen molar-refractivity contribution >= 4 is 17.6 Å². The summed E-state index contributed by atoms with van der Waals surface area (Å²) in [6.07, 6.45) is 5.48. The number of rotatable bonds is 5. The third kappa shape index (κ3) is 3.70. The maximum absolute atomic E-state index is 5.75. The topological polar surface area (TPSA) is 64.7 Å². The molecular weight excluding hydrogens is 244 g/mol. The molecule has 2 rings (SSSR count). The van der Waals surface area contributed by atoms with Crippen molar-refractivity contribution in [3.8, 4) is 0 Å². The van der Waals surface area contributed by atoms with E-state index in [0.29, 0.717) is 5.82 Å². The Labute approximate surface area is 111 Å². The van der Waals surface area contributed by atoms with Gasteiger partial charge >= 0.3 is 0 Å². The highest BCUT2D eigenvalue weighted by Gasteiger charge is 2.02. The lowest BCUT2D eigenvalue weighted by molar-refractivity contribution is 0.895. The van der Waals surface area contributed by atoms with Crippen molar-refractivity contribution in [3.63, 3.8) is 0 Å². The van der Waals surface area contributed by atoms with Crippen LogP contribution in [-0.4, -0.2) is 20.7 Å². The Kier molecular flexibility index (Phi) is 4.52. The van der Waals surface area contributed by atoms with Gasteiger partial charge in [0.05, 0.1) is 0 Å². The molecule has 0 aliphatic rings. The molecule has 0 saturated heterocycles. The molecule has 18 heavy (non-hydrogen) atoms. The lowest BCUT2D eigenvalue weighted by Gasteiger charge is -2.04. The Bertz CT molecular complexity index is 502. The zero-order chi connectivity index (χ0) is 12.8. The second kappa shape index (κ2) is 6.35. The molecule has 94 valence electrons. The van der Waals surface area contributed by atoms with E-state index in [9.17, 15) is 0 Å². The van der Waals surface area contributed by atoms with E-state index in [1.54, 1.807) is 11.8 Å². The first-order chi connectivity index (χ1) is 8.78. The van der Waals surface area contributed by atoms with Gasteiger partial charge in [-0.15, -0.1) is 0 Å². The summed E-state index contributed by atoms with van der Waals surface area (Å²) < 4.78 is 0. The quantitative estimate of drug-likeness (QED) is 0.660. The van der Waals surface area contributed by atoms with Crippen LogP contribution < -0.4 is 5.73 Å². The largest absolute Gasteiger partial charge is 0.384 e. The zero-order valence-electron chi connectivity index (χ0n) is 10.3. The van der Waals surface area contributed by atoms with Crippen molar-refractivity contribution < 1.29 is 0 Å². The predicted octanol–water partition coefficient (Wildman–Crippen LogP) is 2.35. The van der Waals surface area contributed by atoms with Crippen LogP contribution in [0, 0.1) is 0 Å². The lowest BCUT2D eigenvalue weighted by atomic mass is 10.2. The van der Waals surface area contributed by atoms with Gasteiger partial charge in [0, 0.05) is 29.9 Å².